The molecule has 3 heterocycles. The highest BCUT2D eigenvalue weighted by Crippen LogP contribution is 2.37. The highest BCUT2D eigenvalue weighted by molar-refractivity contribution is 5.88. The van der Waals surface area contributed by atoms with E-state index in [1.165, 1.54) is 6.33 Å². The molecule has 0 spiro atoms. The lowest BCUT2D eigenvalue weighted by Gasteiger charge is -2.42. The van der Waals surface area contributed by atoms with Crippen molar-refractivity contribution in [3.05, 3.63) is 54.5 Å². The number of carbonyl (C=O) groups is 1. The number of carbonyl (C=O) groups excluding carboxylic acids is 1. The van der Waals surface area contributed by atoms with Crippen molar-refractivity contribution >= 4 is 5.91 Å². The molecule has 6 heteroatoms. The molecule has 1 amide bonds. The van der Waals surface area contributed by atoms with Crippen molar-refractivity contribution in [2.24, 2.45) is 0 Å². The van der Waals surface area contributed by atoms with E-state index in [0.717, 1.165) is 37.8 Å². The number of hydrogen-bond donors (Lipinski definition) is 0. The molecule has 0 bridgehead atoms. The van der Waals surface area contributed by atoms with E-state index in [4.69, 9.17) is 9.47 Å². The summed E-state index contributed by atoms with van der Waals surface area (Å²) in [6, 6.07) is 11.9. The van der Waals surface area contributed by atoms with Gasteiger partial charge >= 0.3 is 0 Å². The fourth-order valence-corrected chi connectivity index (χ4v) is 4.14. The molecule has 27 heavy (non-hydrogen) atoms. The first-order chi connectivity index (χ1) is 13.3. The molecule has 1 atom stereocenters. The largest absolute Gasteiger partial charge is 0.472 e. The lowest BCUT2D eigenvalue weighted by molar-refractivity contribution is -0.144. The lowest BCUT2D eigenvalue weighted by atomic mass is 9.72. The summed E-state index contributed by atoms with van der Waals surface area (Å²) in [7, 11) is 0. The highest BCUT2D eigenvalue weighted by Gasteiger charge is 2.45. The molecule has 6 nitrogen and oxygen atoms in total. The number of hydrogen-bond acceptors (Lipinski definition) is 5. The Morgan fingerprint density at radius 1 is 1.19 bits per heavy atom. The van der Waals surface area contributed by atoms with E-state index in [2.05, 4.69) is 22.1 Å². The molecule has 2 fully saturated rings. The number of amides is 1. The first-order valence-corrected chi connectivity index (χ1v) is 9.63. The summed E-state index contributed by atoms with van der Waals surface area (Å²) in [4.78, 5) is 23.7. The van der Waals surface area contributed by atoms with E-state index in [9.17, 15) is 4.79 Å². The zero-order valence-electron chi connectivity index (χ0n) is 15.4. The fourth-order valence-electron chi connectivity index (χ4n) is 4.14. The summed E-state index contributed by atoms with van der Waals surface area (Å²) in [5.74, 6) is 0.765. The molecule has 142 valence electrons. The fraction of sp³-hybridized carbons (Fsp3) is 0.476. The van der Waals surface area contributed by atoms with Gasteiger partial charge in [0.2, 0.25) is 11.8 Å². The van der Waals surface area contributed by atoms with Gasteiger partial charge in [0.15, 0.2) is 0 Å². The van der Waals surface area contributed by atoms with Crippen LogP contribution in [0.15, 0.2) is 48.9 Å². The van der Waals surface area contributed by atoms with Gasteiger partial charge in [0.1, 0.15) is 12.4 Å². The minimum atomic E-state index is -0.490. The molecule has 1 aromatic heterocycles. The number of piperidine rings is 1. The second-order valence-electron chi connectivity index (χ2n) is 7.24. The Labute approximate surface area is 159 Å². The van der Waals surface area contributed by atoms with Gasteiger partial charge in [0.05, 0.1) is 12.0 Å². The minimum Gasteiger partial charge on any atom is -0.472 e. The maximum Gasteiger partial charge on any atom is 0.233 e. The molecule has 2 aliphatic rings. The first-order valence-electron chi connectivity index (χ1n) is 9.63. The second kappa shape index (κ2) is 8.05. The van der Waals surface area contributed by atoms with Crippen LogP contribution < -0.4 is 4.74 Å². The quantitative estimate of drug-likeness (QED) is 0.831. The van der Waals surface area contributed by atoms with Gasteiger partial charge in [-0.1, -0.05) is 30.3 Å². The third-order valence-corrected chi connectivity index (χ3v) is 5.59. The molecule has 4 rings (SSSR count). The zero-order valence-corrected chi connectivity index (χ0v) is 15.4. The predicted molar refractivity (Wildman–Crippen MR) is 100 cm³/mol. The Morgan fingerprint density at radius 2 is 2.00 bits per heavy atom. The van der Waals surface area contributed by atoms with Crippen LogP contribution in [-0.4, -0.2) is 53.2 Å². The van der Waals surface area contributed by atoms with Crippen molar-refractivity contribution in [2.45, 2.75) is 37.2 Å². The Kier molecular flexibility index (Phi) is 5.34. The van der Waals surface area contributed by atoms with E-state index in [1.54, 1.807) is 12.3 Å². The molecule has 0 saturated carbocycles. The summed E-state index contributed by atoms with van der Waals surface area (Å²) in [6.45, 7) is 2.61. The van der Waals surface area contributed by atoms with Gasteiger partial charge in [-0.25, -0.2) is 9.97 Å². The number of ether oxygens (including phenoxy) is 2. The van der Waals surface area contributed by atoms with Crippen LogP contribution in [0.2, 0.25) is 0 Å². The Bertz CT molecular complexity index is 748. The van der Waals surface area contributed by atoms with Crippen molar-refractivity contribution in [3.63, 3.8) is 0 Å². The Balaban J connectivity index is 1.52. The maximum atomic E-state index is 13.7. The molecular formula is C21H25N3O3. The van der Waals surface area contributed by atoms with Crippen LogP contribution in [0.3, 0.4) is 0 Å². The molecule has 1 aromatic carbocycles. The summed E-state index contributed by atoms with van der Waals surface area (Å²) in [5.41, 5.74) is 0.605. The molecule has 2 saturated heterocycles. The SMILES string of the molecule is O=C(N1CCCC(Oc2ccncn2)C1)C1(c2ccccc2)CCOCC1. The number of aromatic nitrogens is 2. The van der Waals surface area contributed by atoms with E-state index in [1.807, 2.05) is 23.1 Å². The smallest absolute Gasteiger partial charge is 0.233 e. The molecule has 0 aliphatic carbocycles. The third-order valence-electron chi connectivity index (χ3n) is 5.59. The average Bonchev–Trinajstić information content (AvgIpc) is 2.75. The molecular weight excluding hydrogens is 342 g/mol. The molecule has 0 radical (unpaired) electrons. The summed E-state index contributed by atoms with van der Waals surface area (Å²) in [6.07, 6.45) is 6.42. The van der Waals surface area contributed by atoms with Crippen LogP contribution >= 0.6 is 0 Å². The predicted octanol–water partition coefficient (Wildman–Crippen LogP) is 2.59. The van der Waals surface area contributed by atoms with Gasteiger partial charge in [0, 0.05) is 32.0 Å². The van der Waals surface area contributed by atoms with E-state index >= 15 is 0 Å². The monoisotopic (exact) mass is 367 g/mol. The standard InChI is InChI=1S/C21H25N3O3/c25-20(21(9-13-26-14-10-21)17-5-2-1-3-6-17)24-12-4-7-18(15-24)27-19-8-11-22-16-23-19/h1-3,5-6,8,11,16,18H,4,7,9-10,12-15H2. The lowest BCUT2D eigenvalue weighted by Crippen LogP contribution is -2.54. The van der Waals surface area contributed by atoms with Crippen LogP contribution in [-0.2, 0) is 14.9 Å². The van der Waals surface area contributed by atoms with Gasteiger partial charge in [-0.15, -0.1) is 0 Å². The topological polar surface area (TPSA) is 64.6 Å². The van der Waals surface area contributed by atoms with Crippen LogP contribution in [0, 0.1) is 0 Å². The maximum absolute atomic E-state index is 13.7. The van der Waals surface area contributed by atoms with Crippen LogP contribution in [0.4, 0.5) is 0 Å². The normalized spacial score (nSPS) is 22.2. The number of rotatable bonds is 4. The Hall–Kier alpha value is -2.47. The van der Waals surface area contributed by atoms with Crippen LogP contribution in [0.5, 0.6) is 5.88 Å². The number of nitrogens with zero attached hydrogens (tertiary/aromatic N) is 3. The number of benzene rings is 1. The van der Waals surface area contributed by atoms with Crippen LogP contribution in [0.25, 0.3) is 0 Å². The molecule has 2 aliphatic heterocycles. The van der Waals surface area contributed by atoms with Gasteiger partial charge in [-0.3, -0.25) is 4.79 Å². The summed E-state index contributed by atoms with van der Waals surface area (Å²) >= 11 is 0. The van der Waals surface area contributed by atoms with Crippen molar-refractivity contribution in [3.8, 4) is 5.88 Å². The second-order valence-corrected chi connectivity index (χ2v) is 7.24. The van der Waals surface area contributed by atoms with Crippen molar-refractivity contribution in [1.82, 2.24) is 14.9 Å². The van der Waals surface area contributed by atoms with E-state index in [0.29, 0.717) is 25.6 Å². The zero-order chi connectivity index (χ0) is 18.5. The van der Waals surface area contributed by atoms with E-state index in [-0.39, 0.29) is 12.0 Å². The van der Waals surface area contributed by atoms with Crippen molar-refractivity contribution in [1.29, 1.82) is 0 Å². The summed E-state index contributed by atoms with van der Waals surface area (Å²) < 4.78 is 11.6. The van der Waals surface area contributed by atoms with Crippen molar-refractivity contribution in [2.75, 3.05) is 26.3 Å². The van der Waals surface area contributed by atoms with Gasteiger partial charge < -0.3 is 14.4 Å². The van der Waals surface area contributed by atoms with Crippen molar-refractivity contribution < 1.29 is 14.3 Å². The van der Waals surface area contributed by atoms with E-state index < -0.39 is 5.41 Å². The number of likely N-dealkylation sites (tertiary alicyclic amines) is 1. The highest BCUT2D eigenvalue weighted by atomic mass is 16.5. The van der Waals surface area contributed by atoms with Crippen LogP contribution in [0.1, 0.15) is 31.2 Å². The first kappa shape index (κ1) is 17.9. The Morgan fingerprint density at radius 3 is 2.74 bits per heavy atom. The molecule has 0 N–H and O–H groups in total. The summed E-state index contributed by atoms with van der Waals surface area (Å²) in [5, 5.41) is 0. The van der Waals surface area contributed by atoms with Gasteiger partial charge in [0.25, 0.3) is 0 Å². The average molecular weight is 367 g/mol. The van der Waals surface area contributed by atoms with Gasteiger partial charge in [-0.05, 0) is 31.2 Å². The molecule has 1 unspecified atom stereocenters. The molecule has 2 aromatic rings. The third kappa shape index (κ3) is 3.81. The minimum absolute atomic E-state index is 0.0368. The van der Waals surface area contributed by atoms with Gasteiger partial charge in [-0.2, -0.15) is 0 Å².